The Labute approximate surface area is 137 Å². The van der Waals surface area contributed by atoms with Gasteiger partial charge < -0.3 is 5.32 Å². The lowest BCUT2D eigenvalue weighted by atomic mass is 10.1. The van der Waals surface area contributed by atoms with Crippen LogP contribution in [0.2, 0.25) is 0 Å². The van der Waals surface area contributed by atoms with Gasteiger partial charge >= 0.3 is 0 Å². The smallest absolute Gasteiger partial charge is 0.254 e. The second-order valence-electron chi connectivity index (χ2n) is 5.26. The number of thiophene rings is 1. The van der Waals surface area contributed by atoms with Crippen molar-refractivity contribution in [3.63, 3.8) is 0 Å². The molecule has 4 rings (SSSR count). The van der Waals surface area contributed by atoms with Crippen molar-refractivity contribution in [1.82, 2.24) is 19.6 Å². The third-order valence-electron chi connectivity index (χ3n) is 3.63. The lowest BCUT2D eigenvalue weighted by Crippen LogP contribution is -2.14. The highest BCUT2D eigenvalue weighted by Gasteiger charge is 2.17. The van der Waals surface area contributed by atoms with Crippen molar-refractivity contribution >= 4 is 22.9 Å². The molecule has 0 aliphatic heterocycles. The Morgan fingerprint density at radius 3 is 2.78 bits per heavy atom. The molecule has 0 saturated heterocycles. The van der Waals surface area contributed by atoms with Crippen LogP contribution in [0.25, 0.3) is 5.78 Å². The topological polar surface area (TPSA) is 55.1 Å². The van der Waals surface area contributed by atoms with E-state index >= 15 is 0 Å². The van der Waals surface area contributed by atoms with E-state index in [-0.39, 0.29) is 6.04 Å². The number of fused-ring (bicyclic) bond motifs is 1. The average molecular weight is 321 g/mol. The third-order valence-corrected chi connectivity index (χ3v) is 4.57. The quantitative estimate of drug-likeness (QED) is 0.623. The van der Waals surface area contributed by atoms with Crippen LogP contribution in [0.1, 0.15) is 22.2 Å². The molecule has 6 heteroatoms. The number of hydrogen-bond acceptors (Lipinski definition) is 5. The van der Waals surface area contributed by atoms with E-state index < -0.39 is 0 Å². The highest BCUT2D eigenvalue weighted by atomic mass is 32.1. The largest absolute Gasteiger partial charge is 0.358 e. The van der Waals surface area contributed by atoms with Crippen molar-refractivity contribution in [3.8, 4) is 0 Å². The molecule has 23 heavy (non-hydrogen) atoms. The van der Waals surface area contributed by atoms with Crippen LogP contribution < -0.4 is 5.32 Å². The van der Waals surface area contributed by atoms with Gasteiger partial charge in [0, 0.05) is 16.6 Å². The fourth-order valence-electron chi connectivity index (χ4n) is 2.60. The highest BCUT2D eigenvalue weighted by Crippen LogP contribution is 2.29. The molecule has 0 amide bonds. The van der Waals surface area contributed by atoms with Gasteiger partial charge in [-0.3, -0.25) is 0 Å². The molecule has 3 aromatic heterocycles. The molecular weight excluding hydrogens is 306 g/mol. The van der Waals surface area contributed by atoms with E-state index in [9.17, 15) is 0 Å². The summed E-state index contributed by atoms with van der Waals surface area (Å²) in [5, 5.41) is 9.96. The molecule has 1 atom stereocenters. The van der Waals surface area contributed by atoms with Crippen LogP contribution in [0, 0.1) is 6.92 Å². The summed E-state index contributed by atoms with van der Waals surface area (Å²) in [6, 6.07) is 16.7. The van der Waals surface area contributed by atoms with Gasteiger partial charge in [-0.2, -0.15) is 14.6 Å². The zero-order valence-electron chi connectivity index (χ0n) is 12.5. The molecule has 4 aromatic rings. The number of hydrogen-bond donors (Lipinski definition) is 1. The van der Waals surface area contributed by atoms with Gasteiger partial charge in [0.25, 0.3) is 5.78 Å². The number of benzene rings is 1. The zero-order chi connectivity index (χ0) is 15.6. The van der Waals surface area contributed by atoms with Gasteiger partial charge in [-0.25, -0.2) is 4.98 Å². The highest BCUT2D eigenvalue weighted by molar-refractivity contribution is 7.10. The first-order chi connectivity index (χ1) is 11.3. The van der Waals surface area contributed by atoms with E-state index in [1.807, 2.05) is 19.1 Å². The van der Waals surface area contributed by atoms with E-state index in [1.54, 1.807) is 15.9 Å². The second kappa shape index (κ2) is 5.81. The van der Waals surface area contributed by atoms with Crippen molar-refractivity contribution in [2.75, 3.05) is 5.32 Å². The molecule has 0 aliphatic rings. The van der Waals surface area contributed by atoms with Crippen LogP contribution in [-0.4, -0.2) is 19.6 Å². The maximum atomic E-state index is 4.39. The van der Waals surface area contributed by atoms with Crippen molar-refractivity contribution in [2.45, 2.75) is 13.0 Å². The third kappa shape index (κ3) is 2.68. The molecule has 0 fully saturated rings. The Balaban J connectivity index is 1.80. The molecule has 1 N–H and O–H groups in total. The van der Waals surface area contributed by atoms with Crippen LogP contribution in [0.4, 0.5) is 5.82 Å². The Bertz CT molecular complexity index is 915. The molecule has 0 saturated carbocycles. The minimum absolute atomic E-state index is 0.0606. The summed E-state index contributed by atoms with van der Waals surface area (Å²) >= 11 is 1.73. The number of nitrogens with one attached hydrogen (secondary N) is 1. The minimum Gasteiger partial charge on any atom is -0.358 e. The zero-order valence-corrected chi connectivity index (χ0v) is 13.4. The van der Waals surface area contributed by atoms with Crippen LogP contribution >= 0.6 is 11.3 Å². The number of aromatic nitrogens is 4. The Kier molecular flexibility index (Phi) is 3.51. The summed E-state index contributed by atoms with van der Waals surface area (Å²) in [5.74, 6) is 1.48. The van der Waals surface area contributed by atoms with E-state index in [0.29, 0.717) is 5.78 Å². The van der Waals surface area contributed by atoms with Gasteiger partial charge in [-0.1, -0.05) is 36.4 Å². The van der Waals surface area contributed by atoms with E-state index in [1.165, 1.54) is 16.8 Å². The predicted octanol–water partition coefficient (Wildman–Crippen LogP) is 3.70. The lowest BCUT2D eigenvalue weighted by molar-refractivity contribution is 0.878. The molecule has 1 aromatic carbocycles. The molecule has 5 nitrogen and oxygen atoms in total. The van der Waals surface area contributed by atoms with E-state index in [2.05, 4.69) is 62.2 Å². The number of aryl methyl sites for hydroxylation is 1. The van der Waals surface area contributed by atoms with E-state index in [0.717, 1.165) is 11.5 Å². The van der Waals surface area contributed by atoms with Crippen molar-refractivity contribution in [1.29, 1.82) is 0 Å². The van der Waals surface area contributed by atoms with Crippen LogP contribution in [0.5, 0.6) is 0 Å². The molecule has 0 aliphatic carbocycles. The lowest BCUT2D eigenvalue weighted by Gasteiger charge is -2.19. The van der Waals surface area contributed by atoms with Crippen LogP contribution in [0.3, 0.4) is 0 Å². The number of rotatable bonds is 4. The van der Waals surface area contributed by atoms with Crippen LogP contribution in [-0.2, 0) is 0 Å². The minimum atomic E-state index is 0.0606. The molecule has 0 radical (unpaired) electrons. The standard InChI is InChI=1S/C17H15N5S/c1-12-10-15(22-17(20-12)18-11-19-22)21-16(14-8-5-9-23-14)13-6-3-2-4-7-13/h2-11,16,21H,1H3. The average Bonchev–Trinajstić information content (AvgIpc) is 3.24. The molecule has 1 unspecified atom stereocenters. The molecule has 0 spiro atoms. The fourth-order valence-corrected chi connectivity index (χ4v) is 3.40. The first-order valence-corrected chi connectivity index (χ1v) is 8.21. The summed E-state index contributed by atoms with van der Waals surface area (Å²) in [6.45, 7) is 1.96. The van der Waals surface area contributed by atoms with Gasteiger partial charge in [0.15, 0.2) is 0 Å². The fraction of sp³-hybridized carbons (Fsp3) is 0.118. The van der Waals surface area contributed by atoms with Crippen molar-refractivity contribution in [2.24, 2.45) is 0 Å². The van der Waals surface area contributed by atoms with Gasteiger partial charge in [0.2, 0.25) is 0 Å². The first kappa shape index (κ1) is 13.9. The Morgan fingerprint density at radius 2 is 2.00 bits per heavy atom. The second-order valence-corrected chi connectivity index (χ2v) is 6.24. The number of anilines is 1. The summed E-state index contributed by atoms with van der Waals surface area (Å²) < 4.78 is 1.73. The molecule has 3 heterocycles. The van der Waals surface area contributed by atoms with Gasteiger partial charge in [-0.05, 0) is 23.9 Å². The predicted molar refractivity (Wildman–Crippen MR) is 91.7 cm³/mol. The Hall–Kier alpha value is -2.73. The van der Waals surface area contributed by atoms with Gasteiger partial charge in [0.1, 0.15) is 12.1 Å². The van der Waals surface area contributed by atoms with Gasteiger partial charge in [0.05, 0.1) is 6.04 Å². The summed E-state index contributed by atoms with van der Waals surface area (Å²) in [4.78, 5) is 9.83. The maximum absolute atomic E-state index is 4.39. The maximum Gasteiger partial charge on any atom is 0.254 e. The van der Waals surface area contributed by atoms with Crippen molar-refractivity contribution in [3.05, 3.63) is 76.4 Å². The van der Waals surface area contributed by atoms with Crippen LogP contribution in [0.15, 0.2) is 60.2 Å². The molecule has 0 bridgehead atoms. The van der Waals surface area contributed by atoms with Gasteiger partial charge in [-0.15, -0.1) is 11.3 Å². The summed E-state index contributed by atoms with van der Waals surface area (Å²) in [5.41, 5.74) is 2.11. The first-order valence-electron chi connectivity index (χ1n) is 7.33. The van der Waals surface area contributed by atoms with Crippen molar-refractivity contribution < 1.29 is 0 Å². The molecular formula is C17H15N5S. The SMILES string of the molecule is Cc1cc(NC(c2ccccc2)c2cccs2)n2ncnc2n1. The number of nitrogens with zero attached hydrogens (tertiary/aromatic N) is 4. The normalized spacial score (nSPS) is 12.4. The summed E-state index contributed by atoms with van der Waals surface area (Å²) in [6.07, 6.45) is 1.52. The Morgan fingerprint density at radius 1 is 1.13 bits per heavy atom. The summed E-state index contributed by atoms with van der Waals surface area (Å²) in [7, 11) is 0. The van der Waals surface area contributed by atoms with E-state index in [4.69, 9.17) is 0 Å². The molecule has 114 valence electrons. The monoisotopic (exact) mass is 321 g/mol.